The van der Waals surface area contributed by atoms with Gasteiger partial charge in [0.25, 0.3) is 5.82 Å². The van der Waals surface area contributed by atoms with Crippen LogP contribution in [0.3, 0.4) is 0 Å². The molecule has 0 radical (unpaired) electrons. The molecule has 0 atom stereocenters. The molecule has 2 heterocycles. The van der Waals surface area contributed by atoms with Gasteiger partial charge in [0.1, 0.15) is 0 Å². The van der Waals surface area contributed by atoms with Crippen LogP contribution in [0.5, 0.6) is 0 Å². The molecule has 0 unspecified atom stereocenters. The summed E-state index contributed by atoms with van der Waals surface area (Å²) in [4.78, 5) is 11.5. The lowest BCUT2D eigenvalue weighted by Crippen LogP contribution is -2.15. The van der Waals surface area contributed by atoms with Crippen LogP contribution in [0.25, 0.3) is 0 Å². The summed E-state index contributed by atoms with van der Waals surface area (Å²) in [5.41, 5.74) is 0.908. The second kappa shape index (κ2) is 4.73. The van der Waals surface area contributed by atoms with Gasteiger partial charge in [0, 0.05) is 18.8 Å². The number of tetrazole rings is 1. The summed E-state index contributed by atoms with van der Waals surface area (Å²) in [5, 5.41) is 14.9. The van der Waals surface area contributed by atoms with Crippen LogP contribution < -0.4 is 0 Å². The molecule has 0 aromatic carbocycles. The number of carbonyl (C=O) groups excluding carboxylic acids is 1. The van der Waals surface area contributed by atoms with E-state index < -0.39 is 5.97 Å². The van der Waals surface area contributed by atoms with E-state index in [0.29, 0.717) is 13.2 Å². The zero-order chi connectivity index (χ0) is 12.3. The Morgan fingerprint density at radius 2 is 2.35 bits per heavy atom. The van der Waals surface area contributed by atoms with Crippen molar-refractivity contribution in [1.29, 1.82) is 0 Å². The van der Waals surface area contributed by atoms with E-state index in [4.69, 9.17) is 4.74 Å². The van der Waals surface area contributed by atoms with E-state index in [1.165, 1.54) is 4.68 Å². The Kier molecular flexibility index (Phi) is 3.12. The number of esters is 1. The highest BCUT2D eigenvalue weighted by molar-refractivity contribution is 5.85. The molecule has 90 valence electrons. The van der Waals surface area contributed by atoms with E-state index >= 15 is 0 Å². The first-order chi connectivity index (χ1) is 8.20. The van der Waals surface area contributed by atoms with Crippen molar-refractivity contribution in [2.45, 2.75) is 13.5 Å². The topological polar surface area (TPSA) is 87.7 Å². The maximum atomic E-state index is 11.5. The smallest absolute Gasteiger partial charge is 0.378 e. The number of nitrogens with zero attached hydrogens (tertiary/aromatic N) is 6. The fourth-order valence-electron chi connectivity index (χ4n) is 1.38. The molecule has 0 bridgehead atoms. The van der Waals surface area contributed by atoms with Gasteiger partial charge in [0.15, 0.2) is 0 Å². The van der Waals surface area contributed by atoms with Gasteiger partial charge in [-0.3, -0.25) is 4.68 Å². The lowest BCUT2D eigenvalue weighted by Gasteiger charge is -2.01. The van der Waals surface area contributed by atoms with Gasteiger partial charge in [-0.25, -0.2) is 9.48 Å². The molecule has 0 amide bonds. The summed E-state index contributed by atoms with van der Waals surface area (Å²) in [7, 11) is 1.81. The number of hydrogen-bond donors (Lipinski definition) is 0. The highest BCUT2D eigenvalue weighted by Gasteiger charge is 2.16. The van der Waals surface area contributed by atoms with Gasteiger partial charge in [-0.1, -0.05) is 0 Å². The first-order valence-corrected chi connectivity index (χ1v) is 5.11. The van der Waals surface area contributed by atoms with Crippen LogP contribution in [0, 0.1) is 0 Å². The molecule has 0 fully saturated rings. The molecule has 2 aromatic heterocycles. The Morgan fingerprint density at radius 1 is 1.53 bits per heavy atom. The monoisotopic (exact) mass is 236 g/mol. The molecule has 0 aliphatic heterocycles. The molecule has 0 N–H and O–H groups in total. The molecule has 0 aliphatic carbocycles. The molecule has 2 rings (SSSR count). The first kappa shape index (κ1) is 11.2. The van der Waals surface area contributed by atoms with Crippen molar-refractivity contribution in [3.63, 3.8) is 0 Å². The minimum absolute atomic E-state index is 0.0932. The van der Waals surface area contributed by atoms with Crippen LogP contribution >= 0.6 is 0 Å². The maximum Gasteiger partial charge on any atom is 0.378 e. The van der Waals surface area contributed by atoms with Crippen LogP contribution in [0.15, 0.2) is 12.4 Å². The zero-order valence-electron chi connectivity index (χ0n) is 9.57. The van der Waals surface area contributed by atoms with E-state index in [-0.39, 0.29) is 5.82 Å². The van der Waals surface area contributed by atoms with Crippen molar-refractivity contribution in [3.8, 4) is 0 Å². The third-order valence-electron chi connectivity index (χ3n) is 2.08. The van der Waals surface area contributed by atoms with Gasteiger partial charge in [0.2, 0.25) is 0 Å². The molecule has 0 aliphatic rings. The molecule has 8 nitrogen and oxygen atoms in total. The third kappa shape index (κ3) is 2.47. The van der Waals surface area contributed by atoms with Crippen LogP contribution in [0.1, 0.15) is 23.1 Å². The van der Waals surface area contributed by atoms with Crippen molar-refractivity contribution >= 4 is 5.97 Å². The summed E-state index contributed by atoms with van der Waals surface area (Å²) in [6, 6.07) is 0. The quantitative estimate of drug-likeness (QED) is 0.673. The number of aromatic nitrogens is 6. The predicted octanol–water partition coefficient (Wildman–Crippen LogP) is -0.368. The summed E-state index contributed by atoms with van der Waals surface area (Å²) in [5.74, 6) is -0.433. The summed E-state index contributed by atoms with van der Waals surface area (Å²) in [6.45, 7) is 2.40. The van der Waals surface area contributed by atoms with E-state index in [1.807, 2.05) is 13.2 Å². The molecular weight excluding hydrogens is 224 g/mol. The minimum atomic E-state index is -0.526. The van der Waals surface area contributed by atoms with Crippen LogP contribution in [-0.2, 0) is 18.3 Å². The van der Waals surface area contributed by atoms with E-state index in [2.05, 4.69) is 20.6 Å². The lowest BCUT2D eigenvalue weighted by atomic mass is 10.3. The number of rotatable bonds is 4. The standard InChI is InChI=1S/C9H12N6O2/c1-3-17-9(16)8-11-12-13-15(8)6-7-4-10-14(2)5-7/h4-5H,3,6H2,1-2H3. The molecule has 2 aromatic rings. The van der Waals surface area contributed by atoms with Crippen molar-refractivity contribution in [1.82, 2.24) is 30.0 Å². The largest absolute Gasteiger partial charge is 0.460 e. The number of hydrogen-bond acceptors (Lipinski definition) is 6. The second-order valence-electron chi connectivity index (χ2n) is 3.40. The van der Waals surface area contributed by atoms with Crippen molar-refractivity contribution in [2.75, 3.05) is 6.61 Å². The average Bonchev–Trinajstić information content (AvgIpc) is 2.89. The Bertz CT molecular complexity index is 517. The van der Waals surface area contributed by atoms with Crippen LogP contribution in [0.4, 0.5) is 0 Å². The highest BCUT2D eigenvalue weighted by Crippen LogP contribution is 2.02. The van der Waals surface area contributed by atoms with E-state index in [0.717, 1.165) is 5.56 Å². The van der Waals surface area contributed by atoms with Crippen LogP contribution in [-0.4, -0.2) is 42.6 Å². The molecule has 0 saturated carbocycles. The van der Waals surface area contributed by atoms with Crippen molar-refractivity contribution in [3.05, 3.63) is 23.8 Å². The number of ether oxygens (including phenoxy) is 1. The molecular formula is C9H12N6O2. The second-order valence-corrected chi connectivity index (χ2v) is 3.40. The number of carbonyl (C=O) groups is 1. The van der Waals surface area contributed by atoms with Crippen molar-refractivity contribution < 1.29 is 9.53 Å². The molecule has 17 heavy (non-hydrogen) atoms. The highest BCUT2D eigenvalue weighted by atomic mass is 16.5. The lowest BCUT2D eigenvalue weighted by molar-refractivity contribution is 0.0505. The van der Waals surface area contributed by atoms with Crippen LogP contribution in [0.2, 0.25) is 0 Å². The average molecular weight is 236 g/mol. The Hall–Kier alpha value is -2.25. The Labute approximate surface area is 97.2 Å². The molecule has 8 heteroatoms. The van der Waals surface area contributed by atoms with Gasteiger partial charge >= 0.3 is 5.97 Å². The van der Waals surface area contributed by atoms with Gasteiger partial charge in [0.05, 0.1) is 19.3 Å². The normalized spacial score (nSPS) is 10.5. The maximum absolute atomic E-state index is 11.5. The summed E-state index contributed by atoms with van der Waals surface area (Å²) in [6.07, 6.45) is 3.52. The fourth-order valence-corrected chi connectivity index (χ4v) is 1.38. The predicted molar refractivity (Wildman–Crippen MR) is 56.1 cm³/mol. The Balaban J connectivity index is 2.16. The molecule has 0 spiro atoms. The van der Waals surface area contributed by atoms with Gasteiger partial charge in [-0.15, -0.1) is 5.10 Å². The fraction of sp³-hybridized carbons (Fsp3) is 0.444. The van der Waals surface area contributed by atoms with Gasteiger partial charge < -0.3 is 4.74 Å². The first-order valence-electron chi connectivity index (χ1n) is 5.11. The number of aryl methyl sites for hydroxylation is 1. The third-order valence-corrected chi connectivity index (χ3v) is 2.08. The van der Waals surface area contributed by atoms with Crippen molar-refractivity contribution in [2.24, 2.45) is 7.05 Å². The molecule has 0 saturated heterocycles. The van der Waals surface area contributed by atoms with E-state index in [9.17, 15) is 4.79 Å². The summed E-state index contributed by atoms with van der Waals surface area (Å²) < 4.78 is 7.90. The SMILES string of the molecule is CCOC(=O)c1nnnn1Cc1cnn(C)c1. The van der Waals surface area contributed by atoms with E-state index in [1.54, 1.807) is 17.8 Å². The Morgan fingerprint density at radius 3 is 3.00 bits per heavy atom. The summed E-state index contributed by atoms with van der Waals surface area (Å²) >= 11 is 0. The zero-order valence-corrected chi connectivity index (χ0v) is 9.57. The van der Waals surface area contributed by atoms with Gasteiger partial charge in [-0.2, -0.15) is 5.10 Å². The van der Waals surface area contributed by atoms with Gasteiger partial charge in [-0.05, 0) is 17.4 Å². The minimum Gasteiger partial charge on any atom is -0.460 e.